The van der Waals surface area contributed by atoms with E-state index < -0.39 is 6.10 Å². The first-order valence-corrected chi connectivity index (χ1v) is 7.68. The molecule has 1 atom stereocenters. The summed E-state index contributed by atoms with van der Waals surface area (Å²) in [6, 6.07) is 0. The molecule has 0 aromatic carbocycles. The van der Waals surface area contributed by atoms with Crippen molar-refractivity contribution in [3.8, 4) is 0 Å². The average Bonchev–Trinajstić information content (AvgIpc) is 2.86. The predicted molar refractivity (Wildman–Crippen MR) is 78.1 cm³/mol. The van der Waals surface area contributed by atoms with Crippen molar-refractivity contribution in [3.05, 3.63) is 0 Å². The highest BCUT2D eigenvalue weighted by Gasteiger charge is 2.18. The number of carbonyl (C=O) groups excluding carboxylic acids is 2. The highest BCUT2D eigenvalue weighted by atomic mass is 16.3. The van der Waals surface area contributed by atoms with Gasteiger partial charge < -0.3 is 15.7 Å². The van der Waals surface area contributed by atoms with Gasteiger partial charge in [-0.15, -0.1) is 0 Å². The van der Waals surface area contributed by atoms with Crippen molar-refractivity contribution in [2.24, 2.45) is 11.8 Å². The molecule has 1 unspecified atom stereocenters. The summed E-state index contributed by atoms with van der Waals surface area (Å²) in [6.45, 7) is 4.29. The van der Waals surface area contributed by atoms with Gasteiger partial charge >= 0.3 is 0 Å². The third-order valence-electron chi connectivity index (χ3n) is 3.67. The normalized spacial score (nSPS) is 17.2. The van der Waals surface area contributed by atoms with Gasteiger partial charge in [0.15, 0.2) is 0 Å². The van der Waals surface area contributed by atoms with Crippen LogP contribution < -0.4 is 10.6 Å². The zero-order valence-electron chi connectivity index (χ0n) is 12.7. The van der Waals surface area contributed by atoms with Crippen LogP contribution in [0.25, 0.3) is 0 Å². The van der Waals surface area contributed by atoms with E-state index in [-0.39, 0.29) is 24.9 Å². The lowest BCUT2D eigenvalue weighted by Gasteiger charge is -2.14. The van der Waals surface area contributed by atoms with E-state index in [1.54, 1.807) is 0 Å². The summed E-state index contributed by atoms with van der Waals surface area (Å²) in [5, 5.41) is 14.9. The van der Waals surface area contributed by atoms with Gasteiger partial charge in [0.05, 0.1) is 12.6 Å². The Bertz CT molecular complexity index is 312. The zero-order chi connectivity index (χ0) is 15.0. The minimum atomic E-state index is -0.520. The number of hydrogen-bond acceptors (Lipinski definition) is 3. The van der Waals surface area contributed by atoms with E-state index in [2.05, 4.69) is 10.6 Å². The lowest BCUT2D eigenvalue weighted by Crippen LogP contribution is -2.40. The number of hydrogen-bond donors (Lipinski definition) is 3. The molecule has 0 radical (unpaired) electrons. The van der Waals surface area contributed by atoms with Gasteiger partial charge in [0.1, 0.15) is 0 Å². The molecule has 0 spiro atoms. The molecule has 5 heteroatoms. The number of aliphatic hydroxyl groups excluding tert-OH is 1. The van der Waals surface area contributed by atoms with Crippen molar-refractivity contribution in [1.82, 2.24) is 10.6 Å². The number of amides is 2. The molecule has 20 heavy (non-hydrogen) atoms. The van der Waals surface area contributed by atoms with Gasteiger partial charge in [0, 0.05) is 13.0 Å². The second kappa shape index (κ2) is 8.95. The van der Waals surface area contributed by atoms with Crippen LogP contribution in [0, 0.1) is 11.8 Å². The largest absolute Gasteiger partial charge is 0.391 e. The van der Waals surface area contributed by atoms with Crippen molar-refractivity contribution in [1.29, 1.82) is 0 Å². The second-order valence-corrected chi connectivity index (χ2v) is 6.22. The summed E-state index contributed by atoms with van der Waals surface area (Å²) in [6.07, 6.45) is 5.35. The fourth-order valence-electron chi connectivity index (χ4n) is 2.65. The predicted octanol–water partition coefficient (Wildman–Crippen LogP) is 1.21. The van der Waals surface area contributed by atoms with Gasteiger partial charge in [-0.3, -0.25) is 9.59 Å². The van der Waals surface area contributed by atoms with Crippen LogP contribution >= 0.6 is 0 Å². The quantitative estimate of drug-likeness (QED) is 0.627. The van der Waals surface area contributed by atoms with E-state index in [4.69, 9.17) is 0 Å². The maximum atomic E-state index is 11.6. The Kier molecular flexibility index (Phi) is 7.59. The summed E-state index contributed by atoms with van der Waals surface area (Å²) in [5.74, 6) is 0.598. The maximum absolute atomic E-state index is 11.6. The summed E-state index contributed by atoms with van der Waals surface area (Å²) in [5.41, 5.74) is 0. The molecule has 0 saturated heterocycles. The Labute approximate surface area is 121 Å². The second-order valence-electron chi connectivity index (χ2n) is 6.22. The highest BCUT2D eigenvalue weighted by Crippen LogP contribution is 2.27. The van der Waals surface area contributed by atoms with E-state index in [9.17, 15) is 14.7 Å². The minimum absolute atomic E-state index is 0.0000477. The molecule has 1 aliphatic carbocycles. The molecule has 1 saturated carbocycles. The van der Waals surface area contributed by atoms with Crippen molar-refractivity contribution in [2.45, 2.75) is 58.5 Å². The first kappa shape index (κ1) is 17.0. The molecule has 0 bridgehead atoms. The van der Waals surface area contributed by atoms with Crippen LogP contribution in [0.3, 0.4) is 0 Å². The average molecular weight is 284 g/mol. The summed E-state index contributed by atoms with van der Waals surface area (Å²) < 4.78 is 0. The summed E-state index contributed by atoms with van der Waals surface area (Å²) in [4.78, 5) is 23.2. The molecule has 116 valence electrons. The van der Waals surface area contributed by atoms with Crippen molar-refractivity contribution >= 4 is 11.8 Å². The van der Waals surface area contributed by atoms with E-state index in [0.29, 0.717) is 24.7 Å². The topological polar surface area (TPSA) is 78.4 Å². The smallest absolute Gasteiger partial charge is 0.239 e. The monoisotopic (exact) mass is 284 g/mol. The van der Waals surface area contributed by atoms with Crippen LogP contribution in [0.15, 0.2) is 0 Å². The number of nitrogens with one attached hydrogen (secondary N) is 2. The van der Waals surface area contributed by atoms with Gasteiger partial charge in [-0.2, -0.15) is 0 Å². The van der Waals surface area contributed by atoms with Crippen LogP contribution in [-0.4, -0.2) is 36.1 Å². The van der Waals surface area contributed by atoms with Crippen molar-refractivity contribution in [3.63, 3.8) is 0 Å². The fraction of sp³-hybridized carbons (Fsp3) is 0.867. The number of aliphatic hydroxyl groups is 1. The van der Waals surface area contributed by atoms with E-state index in [0.717, 1.165) is 12.8 Å². The minimum Gasteiger partial charge on any atom is -0.391 e. The van der Waals surface area contributed by atoms with E-state index >= 15 is 0 Å². The first-order chi connectivity index (χ1) is 9.47. The molecule has 0 aromatic rings. The Hall–Kier alpha value is -1.10. The van der Waals surface area contributed by atoms with E-state index in [1.165, 1.54) is 12.8 Å². The lowest BCUT2D eigenvalue weighted by molar-refractivity contribution is -0.126. The SMILES string of the molecule is CC(C)CC(O)CNC(=O)CNC(=O)CC1CCCC1. The molecule has 0 heterocycles. The van der Waals surface area contributed by atoms with Gasteiger partial charge in [0.25, 0.3) is 0 Å². The maximum Gasteiger partial charge on any atom is 0.239 e. The Morgan fingerprint density at radius 2 is 1.80 bits per heavy atom. The first-order valence-electron chi connectivity index (χ1n) is 7.68. The van der Waals surface area contributed by atoms with Gasteiger partial charge in [-0.1, -0.05) is 26.7 Å². The van der Waals surface area contributed by atoms with Crippen LogP contribution in [0.5, 0.6) is 0 Å². The highest BCUT2D eigenvalue weighted by molar-refractivity contribution is 5.84. The van der Waals surface area contributed by atoms with Crippen LogP contribution in [0.4, 0.5) is 0 Å². The molecular formula is C15H28N2O3. The molecule has 5 nitrogen and oxygen atoms in total. The number of rotatable bonds is 8. The Morgan fingerprint density at radius 1 is 1.15 bits per heavy atom. The summed E-state index contributed by atoms with van der Waals surface area (Å²) in [7, 11) is 0. The molecule has 3 N–H and O–H groups in total. The Balaban J connectivity index is 2.08. The van der Waals surface area contributed by atoms with Crippen LogP contribution in [-0.2, 0) is 9.59 Å². The van der Waals surface area contributed by atoms with Gasteiger partial charge in [0.2, 0.25) is 11.8 Å². The molecule has 1 rings (SSSR count). The fourth-order valence-corrected chi connectivity index (χ4v) is 2.65. The third-order valence-corrected chi connectivity index (χ3v) is 3.67. The van der Waals surface area contributed by atoms with Crippen LogP contribution in [0.2, 0.25) is 0 Å². The Morgan fingerprint density at radius 3 is 2.40 bits per heavy atom. The van der Waals surface area contributed by atoms with Crippen molar-refractivity contribution in [2.75, 3.05) is 13.1 Å². The van der Waals surface area contributed by atoms with Gasteiger partial charge in [-0.25, -0.2) is 0 Å². The molecule has 1 aliphatic rings. The zero-order valence-corrected chi connectivity index (χ0v) is 12.7. The summed E-state index contributed by atoms with van der Waals surface area (Å²) >= 11 is 0. The molecule has 0 aromatic heterocycles. The molecule has 1 fully saturated rings. The van der Waals surface area contributed by atoms with E-state index in [1.807, 2.05) is 13.8 Å². The van der Waals surface area contributed by atoms with Crippen molar-refractivity contribution < 1.29 is 14.7 Å². The molecule has 0 aliphatic heterocycles. The standard InChI is InChI=1S/C15H28N2O3/c1-11(2)7-13(18)9-16-15(20)10-17-14(19)8-12-5-3-4-6-12/h11-13,18H,3-10H2,1-2H3,(H,16,20)(H,17,19). The lowest BCUT2D eigenvalue weighted by atomic mass is 10.0. The molecular weight excluding hydrogens is 256 g/mol. The van der Waals surface area contributed by atoms with Crippen LogP contribution in [0.1, 0.15) is 52.4 Å². The van der Waals surface area contributed by atoms with Gasteiger partial charge in [-0.05, 0) is 31.1 Å². The molecule has 2 amide bonds. The third kappa shape index (κ3) is 7.48. The number of carbonyl (C=O) groups is 2.